The smallest absolute Gasteiger partial charge is 0.186 e. The molecule has 2 heterocycles. The molecule has 0 radical (unpaired) electrons. The van der Waals surface area contributed by atoms with E-state index in [1.165, 1.54) is 24.1 Å². The first-order valence-corrected chi connectivity index (χ1v) is 6.95. The van der Waals surface area contributed by atoms with Crippen molar-refractivity contribution in [1.82, 2.24) is 10.3 Å². The topological polar surface area (TPSA) is 28.2 Å². The van der Waals surface area contributed by atoms with Gasteiger partial charge in [0.25, 0.3) is 0 Å². The Morgan fingerprint density at radius 1 is 1.47 bits per heavy atom. The molecule has 1 aromatic carbocycles. The number of aromatic nitrogens is 1. The number of nitrogens with zero attached hydrogens (tertiary/aromatic N) is 2. The lowest BCUT2D eigenvalue weighted by Crippen LogP contribution is -2.35. The number of anilines is 1. The van der Waals surface area contributed by atoms with Gasteiger partial charge >= 0.3 is 0 Å². The quantitative estimate of drug-likeness (QED) is 0.903. The summed E-state index contributed by atoms with van der Waals surface area (Å²) in [7, 11) is 2.14. The number of thiazole rings is 1. The molecule has 1 atom stereocenters. The van der Waals surface area contributed by atoms with Crippen molar-refractivity contribution in [2.75, 3.05) is 25.0 Å². The van der Waals surface area contributed by atoms with Crippen molar-refractivity contribution in [2.45, 2.75) is 18.9 Å². The first kappa shape index (κ1) is 11.0. The number of para-hydroxylation sites is 1. The Labute approximate surface area is 105 Å². The molecule has 4 heteroatoms. The molecule has 1 N–H and O–H groups in total. The molecule has 3 nitrogen and oxygen atoms in total. The van der Waals surface area contributed by atoms with E-state index in [-0.39, 0.29) is 0 Å². The van der Waals surface area contributed by atoms with Crippen molar-refractivity contribution < 1.29 is 0 Å². The van der Waals surface area contributed by atoms with E-state index in [2.05, 4.69) is 40.4 Å². The van der Waals surface area contributed by atoms with Gasteiger partial charge in [0.2, 0.25) is 0 Å². The summed E-state index contributed by atoms with van der Waals surface area (Å²) >= 11 is 1.78. The van der Waals surface area contributed by atoms with Crippen LogP contribution in [0.1, 0.15) is 12.8 Å². The molecular weight excluding hydrogens is 230 g/mol. The molecule has 1 aromatic heterocycles. The second kappa shape index (κ2) is 4.63. The fourth-order valence-electron chi connectivity index (χ4n) is 2.34. The summed E-state index contributed by atoms with van der Waals surface area (Å²) in [6.45, 7) is 2.22. The molecule has 2 aromatic rings. The molecule has 0 unspecified atom stereocenters. The Morgan fingerprint density at radius 3 is 3.12 bits per heavy atom. The second-order valence-corrected chi connectivity index (χ2v) is 5.65. The van der Waals surface area contributed by atoms with Gasteiger partial charge in [0.15, 0.2) is 5.13 Å². The summed E-state index contributed by atoms with van der Waals surface area (Å²) in [4.78, 5) is 6.94. The van der Waals surface area contributed by atoms with Crippen molar-refractivity contribution in [3.05, 3.63) is 24.3 Å². The molecule has 0 aliphatic carbocycles. The van der Waals surface area contributed by atoms with Crippen molar-refractivity contribution >= 4 is 26.7 Å². The number of hydrogen-bond acceptors (Lipinski definition) is 4. The number of benzene rings is 1. The summed E-state index contributed by atoms with van der Waals surface area (Å²) in [5.41, 5.74) is 1.11. The minimum Gasteiger partial charge on any atom is -0.350 e. The molecule has 90 valence electrons. The van der Waals surface area contributed by atoms with Crippen LogP contribution < -0.4 is 10.2 Å². The zero-order chi connectivity index (χ0) is 11.7. The fraction of sp³-hybridized carbons (Fsp3) is 0.462. The van der Waals surface area contributed by atoms with Crippen molar-refractivity contribution in [2.24, 2.45) is 0 Å². The van der Waals surface area contributed by atoms with Crippen LogP contribution in [0.2, 0.25) is 0 Å². The maximum atomic E-state index is 4.67. The molecule has 1 aliphatic rings. The molecule has 0 bridgehead atoms. The van der Waals surface area contributed by atoms with E-state index in [0.29, 0.717) is 6.04 Å². The highest BCUT2D eigenvalue weighted by Crippen LogP contribution is 2.28. The molecule has 1 fully saturated rings. The SMILES string of the molecule is CN(C[C@H]1CCCN1)c1nc2ccccc2s1. The summed E-state index contributed by atoms with van der Waals surface area (Å²) in [6.07, 6.45) is 2.59. The molecule has 17 heavy (non-hydrogen) atoms. The highest BCUT2D eigenvalue weighted by molar-refractivity contribution is 7.22. The molecule has 1 aliphatic heterocycles. The maximum Gasteiger partial charge on any atom is 0.186 e. The van der Waals surface area contributed by atoms with Gasteiger partial charge in [-0.05, 0) is 31.5 Å². The lowest BCUT2D eigenvalue weighted by atomic mass is 10.2. The third-order valence-corrected chi connectivity index (χ3v) is 4.42. The number of fused-ring (bicyclic) bond motifs is 1. The van der Waals surface area contributed by atoms with Gasteiger partial charge in [-0.2, -0.15) is 0 Å². The Kier molecular flexibility index (Phi) is 2.99. The van der Waals surface area contributed by atoms with E-state index in [0.717, 1.165) is 17.2 Å². The van der Waals surface area contributed by atoms with Crippen molar-refractivity contribution in [1.29, 1.82) is 0 Å². The predicted octanol–water partition coefficient (Wildman–Crippen LogP) is 2.48. The van der Waals surface area contributed by atoms with Gasteiger partial charge in [-0.1, -0.05) is 23.5 Å². The number of likely N-dealkylation sites (N-methyl/N-ethyl adjacent to an activating group) is 1. The fourth-order valence-corrected chi connectivity index (χ4v) is 3.28. The first-order chi connectivity index (χ1) is 8.33. The van der Waals surface area contributed by atoms with Crippen LogP contribution in [-0.4, -0.2) is 31.2 Å². The van der Waals surface area contributed by atoms with E-state index >= 15 is 0 Å². The first-order valence-electron chi connectivity index (χ1n) is 6.13. The van der Waals surface area contributed by atoms with E-state index in [1.54, 1.807) is 11.3 Å². The predicted molar refractivity (Wildman–Crippen MR) is 73.9 cm³/mol. The largest absolute Gasteiger partial charge is 0.350 e. The van der Waals surface area contributed by atoms with Gasteiger partial charge in [0, 0.05) is 19.6 Å². The Balaban J connectivity index is 1.77. The molecule has 0 amide bonds. The maximum absolute atomic E-state index is 4.67. The van der Waals surface area contributed by atoms with Crippen LogP contribution in [0.4, 0.5) is 5.13 Å². The normalized spacial score (nSPS) is 19.9. The van der Waals surface area contributed by atoms with Crippen LogP contribution in [-0.2, 0) is 0 Å². The van der Waals surface area contributed by atoms with E-state index in [1.807, 2.05) is 6.07 Å². The molecule has 0 spiro atoms. The van der Waals surface area contributed by atoms with Crippen LogP contribution in [0.5, 0.6) is 0 Å². The second-order valence-electron chi connectivity index (χ2n) is 4.64. The van der Waals surface area contributed by atoms with Crippen LogP contribution in [0, 0.1) is 0 Å². The minimum absolute atomic E-state index is 0.631. The average Bonchev–Trinajstić information content (AvgIpc) is 2.96. The number of hydrogen-bond donors (Lipinski definition) is 1. The summed E-state index contributed by atoms with van der Waals surface area (Å²) in [5.74, 6) is 0. The zero-order valence-corrected chi connectivity index (χ0v) is 10.8. The minimum atomic E-state index is 0.631. The van der Waals surface area contributed by atoms with Crippen LogP contribution >= 0.6 is 11.3 Å². The molecule has 3 rings (SSSR count). The van der Waals surface area contributed by atoms with Crippen molar-refractivity contribution in [3.8, 4) is 0 Å². The van der Waals surface area contributed by atoms with Gasteiger partial charge in [0.05, 0.1) is 10.2 Å². The van der Waals surface area contributed by atoms with E-state index < -0.39 is 0 Å². The Bertz CT molecular complexity index is 469. The van der Waals surface area contributed by atoms with Crippen LogP contribution in [0.3, 0.4) is 0 Å². The zero-order valence-electron chi connectivity index (χ0n) is 10.0. The van der Waals surface area contributed by atoms with Gasteiger partial charge in [-0.3, -0.25) is 0 Å². The standard InChI is InChI=1S/C13H17N3S/c1-16(9-10-5-4-8-14-10)13-15-11-6-2-3-7-12(11)17-13/h2-3,6-7,10,14H,4-5,8-9H2,1H3/t10-/m1/s1. The number of rotatable bonds is 3. The van der Waals surface area contributed by atoms with Gasteiger partial charge in [0.1, 0.15) is 0 Å². The Hall–Kier alpha value is -1.13. The lowest BCUT2D eigenvalue weighted by molar-refractivity contribution is 0.599. The summed E-state index contributed by atoms with van der Waals surface area (Å²) in [5, 5.41) is 4.65. The van der Waals surface area contributed by atoms with Gasteiger partial charge < -0.3 is 10.2 Å². The number of nitrogens with one attached hydrogen (secondary N) is 1. The lowest BCUT2D eigenvalue weighted by Gasteiger charge is -2.20. The van der Waals surface area contributed by atoms with E-state index in [4.69, 9.17) is 0 Å². The monoisotopic (exact) mass is 247 g/mol. The van der Waals surface area contributed by atoms with Gasteiger partial charge in [-0.25, -0.2) is 4.98 Å². The van der Waals surface area contributed by atoms with Crippen molar-refractivity contribution in [3.63, 3.8) is 0 Å². The highest BCUT2D eigenvalue weighted by atomic mass is 32.1. The van der Waals surface area contributed by atoms with Gasteiger partial charge in [-0.15, -0.1) is 0 Å². The molecule has 0 saturated carbocycles. The average molecular weight is 247 g/mol. The van der Waals surface area contributed by atoms with E-state index in [9.17, 15) is 0 Å². The van der Waals surface area contributed by atoms with Crippen LogP contribution in [0.25, 0.3) is 10.2 Å². The summed E-state index contributed by atoms with van der Waals surface area (Å²) in [6, 6.07) is 8.97. The summed E-state index contributed by atoms with van der Waals surface area (Å²) < 4.78 is 1.27. The van der Waals surface area contributed by atoms with Crippen LogP contribution in [0.15, 0.2) is 24.3 Å². The highest BCUT2D eigenvalue weighted by Gasteiger charge is 2.17. The Morgan fingerprint density at radius 2 is 2.35 bits per heavy atom. The molecular formula is C13H17N3S. The third kappa shape index (κ3) is 2.28. The third-order valence-electron chi connectivity index (χ3n) is 3.27. The molecule has 1 saturated heterocycles.